The molecule has 1 aliphatic rings. The summed E-state index contributed by atoms with van der Waals surface area (Å²) in [6, 6.07) is 0. The van der Waals surface area contributed by atoms with Crippen LogP contribution in [0.15, 0.2) is 0 Å². The molecule has 7 heavy (non-hydrogen) atoms. The molecule has 0 N–H and O–H groups in total. The van der Waals surface area contributed by atoms with Crippen LogP contribution in [0.5, 0.6) is 0 Å². The fourth-order valence-corrected chi connectivity index (χ4v) is 0.470. The van der Waals surface area contributed by atoms with Crippen molar-refractivity contribution in [2.24, 2.45) is 5.92 Å². The number of carbonyl (C=O) groups is 1. The van der Waals surface area contributed by atoms with Gasteiger partial charge in [-0.3, -0.25) is 4.79 Å². The van der Waals surface area contributed by atoms with Gasteiger partial charge in [0.2, 0.25) is 0 Å². The SMILES string of the molecule is CC(=O)C1COC1. The first-order valence-corrected chi connectivity index (χ1v) is 2.39. The van der Waals surface area contributed by atoms with Crippen LogP contribution in [0.3, 0.4) is 0 Å². The first kappa shape index (κ1) is 4.78. The highest BCUT2D eigenvalue weighted by Crippen LogP contribution is 2.09. The average Bonchev–Trinajstić information content (AvgIpc) is 1.23. The van der Waals surface area contributed by atoms with E-state index in [-0.39, 0.29) is 11.7 Å². The monoisotopic (exact) mass is 100 g/mol. The molecular formula is C5H8O2. The zero-order valence-electron chi connectivity index (χ0n) is 4.31. The van der Waals surface area contributed by atoms with Crippen molar-refractivity contribution in [3.63, 3.8) is 0 Å². The number of ketones is 1. The lowest BCUT2D eigenvalue weighted by Gasteiger charge is -2.22. The van der Waals surface area contributed by atoms with Gasteiger partial charge in [-0.2, -0.15) is 0 Å². The van der Waals surface area contributed by atoms with E-state index in [9.17, 15) is 4.79 Å². The van der Waals surface area contributed by atoms with Crippen LogP contribution >= 0.6 is 0 Å². The standard InChI is InChI=1S/C5H8O2/c1-4(6)5-2-7-3-5/h5H,2-3H2,1H3. The average molecular weight is 100 g/mol. The van der Waals surface area contributed by atoms with Crippen LogP contribution in [0.2, 0.25) is 0 Å². The van der Waals surface area contributed by atoms with Crippen LogP contribution in [0.1, 0.15) is 6.92 Å². The molecule has 0 saturated carbocycles. The summed E-state index contributed by atoms with van der Waals surface area (Å²) in [6.07, 6.45) is 0. The van der Waals surface area contributed by atoms with E-state index in [4.69, 9.17) is 4.74 Å². The minimum atomic E-state index is 0.222. The highest BCUT2D eigenvalue weighted by atomic mass is 16.5. The van der Waals surface area contributed by atoms with Gasteiger partial charge >= 0.3 is 0 Å². The number of Topliss-reactive ketones (excluding diaryl/α,β-unsaturated/α-hetero) is 1. The molecule has 2 nitrogen and oxygen atoms in total. The van der Waals surface area contributed by atoms with Crippen LogP contribution in [0, 0.1) is 5.92 Å². The second kappa shape index (κ2) is 1.62. The lowest BCUT2D eigenvalue weighted by Crippen LogP contribution is -2.32. The Morgan fingerprint density at radius 3 is 2.29 bits per heavy atom. The summed E-state index contributed by atoms with van der Waals surface area (Å²) in [4.78, 5) is 10.3. The summed E-state index contributed by atoms with van der Waals surface area (Å²) in [5, 5.41) is 0. The smallest absolute Gasteiger partial charge is 0.137 e. The predicted octanol–water partition coefficient (Wildman–Crippen LogP) is 0.222. The number of hydrogen-bond donors (Lipinski definition) is 0. The number of ether oxygens (including phenoxy) is 1. The quantitative estimate of drug-likeness (QED) is 0.471. The molecule has 1 rings (SSSR count). The minimum absolute atomic E-state index is 0.222. The molecule has 1 saturated heterocycles. The molecular weight excluding hydrogens is 92.1 g/mol. The van der Waals surface area contributed by atoms with Gasteiger partial charge in [0, 0.05) is 0 Å². The summed E-state index contributed by atoms with van der Waals surface area (Å²) < 4.78 is 4.78. The first-order valence-electron chi connectivity index (χ1n) is 2.39. The third-order valence-corrected chi connectivity index (χ3v) is 1.21. The van der Waals surface area contributed by atoms with Gasteiger partial charge < -0.3 is 4.74 Å². The van der Waals surface area contributed by atoms with E-state index < -0.39 is 0 Å². The van der Waals surface area contributed by atoms with Gasteiger partial charge in [-0.1, -0.05) is 0 Å². The van der Waals surface area contributed by atoms with Crippen molar-refractivity contribution in [2.45, 2.75) is 6.92 Å². The Morgan fingerprint density at radius 1 is 1.71 bits per heavy atom. The molecule has 0 atom stereocenters. The van der Waals surface area contributed by atoms with Crippen molar-refractivity contribution >= 4 is 5.78 Å². The normalized spacial score (nSPS) is 21.3. The van der Waals surface area contributed by atoms with Crippen molar-refractivity contribution < 1.29 is 9.53 Å². The number of carbonyl (C=O) groups excluding carboxylic acids is 1. The minimum Gasteiger partial charge on any atom is -0.380 e. The summed E-state index contributed by atoms with van der Waals surface area (Å²) in [7, 11) is 0. The lowest BCUT2D eigenvalue weighted by molar-refractivity contribution is -0.134. The van der Waals surface area contributed by atoms with E-state index in [1.165, 1.54) is 0 Å². The van der Waals surface area contributed by atoms with Crippen molar-refractivity contribution in [1.29, 1.82) is 0 Å². The van der Waals surface area contributed by atoms with Gasteiger partial charge in [0.15, 0.2) is 0 Å². The zero-order chi connectivity index (χ0) is 5.28. The van der Waals surface area contributed by atoms with Crippen LogP contribution in [0.25, 0.3) is 0 Å². The largest absolute Gasteiger partial charge is 0.380 e. The van der Waals surface area contributed by atoms with Crippen molar-refractivity contribution in [1.82, 2.24) is 0 Å². The number of rotatable bonds is 1. The Labute approximate surface area is 42.5 Å². The summed E-state index contributed by atoms with van der Waals surface area (Å²) in [6.45, 7) is 2.90. The Balaban J connectivity index is 2.27. The van der Waals surface area contributed by atoms with Gasteiger partial charge in [0.25, 0.3) is 0 Å². The van der Waals surface area contributed by atoms with Crippen LogP contribution in [0.4, 0.5) is 0 Å². The van der Waals surface area contributed by atoms with E-state index >= 15 is 0 Å². The first-order chi connectivity index (χ1) is 3.30. The van der Waals surface area contributed by atoms with Crippen LogP contribution in [-0.2, 0) is 9.53 Å². The Kier molecular flexibility index (Phi) is 1.11. The van der Waals surface area contributed by atoms with E-state index in [1.54, 1.807) is 6.92 Å². The van der Waals surface area contributed by atoms with Crippen molar-refractivity contribution in [3.8, 4) is 0 Å². The van der Waals surface area contributed by atoms with E-state index in [2.05, 4.69) is 0 Å². The lowest BCUT2D eigenvalue weighted by atomic mass is 10.1. The molecule has 40 valence electrons. The molecule has 0 bridgehead atoms. The zero-order valence-corrected chi connectivity index (χ0v) is 4.31. The van der Waals surface area contributed by atoms with Crippen molar-refractivity contribution in [3.05, 3.63) is 0 Å². The van der Waals surface area contributed by atoms with Crippen molar-refractivity contribution in [2.75, 3.05) is 13.2 Å². The van der Waals surface area contributed by atoms with Crippen LogP contribution < -0.4 is 0 Å². The molecule has 0 aromatic rings. The molecule has 0 radical (unpaired) electrons. The molecule has 1 fully saturated rings. The third-order valence-electron chi connectivity index (χ3n) is 1.21. The molecule has 0 aromatic carbocycles. The Bertz CT molecular complexity index is 84.1. The molecule has 1 heterocycles. The molecule has 0 amide bonds. The van der Waals surface area contributed by atoms with Gasteiger partial charge in [0.05, 0.1) is 19.1 Å². The van der Waals surface area contributed by atoms with E-state index in [0.29, 0.717) is 13.2 Å². The molecule has 0 aromatic heterocycles. The highest BCUT2D eigenvalue weighted by molar-refractivity contribution is 5.79. The number of hydrogen-bond acceptors (Lipinski definition) is 2. The maximum atomic E-state index is 10.3. The molecule has 0 spiro atoms. The van der Waals surface area contributed by atoms with Gasteiger partial charge in [-0.15, -0.1) is 0 Å². The third kappa shape index (κ3) is 0.800. The van der Waals surface area contributed by atoms with E-state index in [0.717, 1.165) is 0 Å². The van der Waals surface area contributed by atoms with Gasteiger partial charge in [-0.25, -0.2) is 0 Å². The Morgan fingerprint density at radius 2 is 2.29 bits per heavy atom. The van der Waals surface area contributed by atoms with Crippen LogP contribution in [-0.4, -0.2) is 19.0 Å². The second-order valence-electron chi connectivity index (χ2n) is 1.85. The molecule has 0 aliphatic carbocycles. The van der Waals surface area contributed by atoms with Gasteiger partial charge in [0.1, 0.15) is 5.78 Å². The predicted molar refractivity (Wildman–Crippen MR) is 25.0 cm³/mol. The second-order valence-corrected chi connectivity index (χ2v) is 1.85. The van der Waals surface area contributed by atoms with Gasteiger partial charge in [-0.05, 0) is 6.92 Å². The van der Waals surface area contributed by atoms with E-state index in [1.807, 2.05) is 0 Å². The maximum Gasteiger partial charge on any atom is 0.137 e. The summed E-state index contributed by atoms with van der Waals surface area (Å²) >= 11 is 0. The topological polar surface area (TPSA) is 26.3 Å². The molecule has 2 heteroatoms. The molecule has 1 aliphatic heterocycles. The maximum absolute atomic E-state index is 10.3. The Hall–Kier alpha value is -0.370. The fourth-order valence-electron chi connectivity index (χ4n) is 0.470. The fraction of sp³-hybridized carbons (Fsp3) is 0.800. The molecule has 0 unspecified atom stereocenters. The summed E-state index contributed by atoms with van der Waals surface area (Å²) in [5.74, 6) is 0.478. The summed E-state index contributed by atoms with van der Waals surface area (Å²) in [5.41, 5.74) is 0. The highest BCUT2D eigenvalue weighted by Gasteiger charge is 2.22.